The quantitative estimate of drug-likeness (QED) is 0.658. The van der Waals surface area contributed by atoms with E-state index in [-0.39, 0.29) is 6.10 Å². The van der Waals surface area contributed by atoms with Crippen LogP contribution in [0.1, 0.15) is 33.1 Å². The average Bonchev–Trinajstić information content (AvgIpc) is 1.81. The van der Waals surface area contributed by atoms with E-state index in [4.69, 9.17) is 14.3 Å². The van der Waals surface area contributed by atoms with Crippen LogP contribution in [-0.4, -0.2) is 15.9 Å². The first-order chi connectivity index (χ1) is 5.58. The summed E-state index contributed by atoms with van der Waals surface area (Å²) in [5.41, 5.74) is 0. The smallest absolute Gasteiger partial charge is 0.327 e. The van der Waals surface area contributed by atoms with Crippen LogP contribution in [0.2, 0.25) is 0 Å². The van der Waals surface area contributed by atoms with Gasteiger partial charge in [-0.3, -0.25) is 0 Å². The van der Waals surface area contributed by atoms with Gasteiger partial charge in [0.2, 0.25) is 0 Å². The summed E-state index contributed by atoms with van der Waals surface area (Å²) in [5, 5.41) is 0. The normalized spacial score (nSPS) is 37.2. The summed E-state index contributed by atoms with van der Waals surface area (Å²) in [6.07, 6.45) is 3.22. The van der Waals surface area contributed by atoms with Crippen LogP contribution in [0, 0.1) is 11.8 Å². The molecule has 0 aromatic heterocycles. The number of hydrogen-bond donors (Lipinski definition) is 2. The van der Waals surface area contributed by atoms with Crippen molar-refractivity contribution in [3.05, 3.63) is 0 Å². The van der Waals surface area contributed by atoms with Crippen LogP contribution in [0.15, 0.2) is 0 Å². The first kappa shape index (κ1) is 10.4. The lowest BCUT2D eigenvalue weighted by atomic mass is 9.82. The molecule has 4 heteroatoms. The van der Waals surface area contributed by atoms with Crippen LogP contribution < -0.4 is 0 Å². The summed E-state index contributed by atoms with van der Waals surface area (Å²) in [4.78, 5) is 17.4. The largest absolute Gasteiger partial charge is 0.328 e. The molecular weight excluding hydrogens is 175 g/mol. The van der Waals surface area contributed by atoms with Crippen LogP contribution >= 0.6 is 8.60 Å². The predicted molar refractivity (Wildman–Crippen MR) is 48.4 cm³/mol. The lowest BCUT2D eigenvalue weighted by Crippen LogP contribution is -2.24. The molecule has 0 saturated heterocycles. The molecule has 0 aliphatic heterocycles. The monoisotopic (exact) mass is 192 g/mol. The van der Waals surface area contributed by atoms with E-state index < -0.39 is 8.60 Å². The highest BCUT2D eigenvalue weighted by atomic mass is 31.2. The van der Waals surface area contributed by atoms with Gasteiger partial charge in [0.25, 0.3) is 0 Å². The molecule has 3 nitrogen and oxygen atoms in total. The number of rotatable bonds is 2. The van der Waals surface area contributed by atoms with Crippen molar-refractivity contribution in [3.8, 4) is 0 Å². The Balaban J connectivity index is 2.34. The molecule has 0 unspecified atom stereocenters. The van der Waals surface area contributed by atoms with Gasteiger partial charge in [-0.15, -0.1) is 0 Å². The molecule has 1 aliphatic rings. The summed E-state index contributed by atoms with van der Waals surface area (Å²) < 4.78 is 5.01. The summed E-state index contributed by atoms with van der Waals surface area (Å²) in [7, 11) is -2.16. The molecule has 0 amide bonds. The molecule has 0 bridgehead atoms. The first-order valence-corrected chi connectivity index (χ1v) is 5.59. The molecule has 2 N–H and O–H groups in total. The first-order valence-electron chi connectivity index (χ1n) is 4.42. The molecule has 1 aliphatic carbocycles. The summed E-state index contributed by atoms with van der Waals surface area (Å²) in [6.45, 7) is 4.37. The molecule has 1 fully saturated rings. The van der Waals surface area contributed by atoms with Crippen molar-refractivity contribution in [3.63, 3.8) is 0 Å². The van der Waals surface area contributed by atoms with Gasteiger partial charge < -0.3 is 14.3 Å². The van der Waals surface area contributed by atoms with E-state index in [1.807, 2.05) is 0 Å². The minimum Gasteiger partial charge on any atom is -0.328 e. The molecule has 0 aromatic carbocycles. The Bertz CT molecular complexity index is 128. The molecule has 1 saturated carbocycles. The fourth-order valence-corrected chi connectivity index (χ4v) is 2.53. The highest BCUT2D eigenvalue weighted by molar-refractivity contribution is 7.39. The van der Waals surface area contributed by atoms with Crippen molar-refractivity contribution in [1.82, 2.24) is 0 Å². The average molecular weight is 192 g/mol. The summed E-state index contributed by atoms with van der Waals surface area (Å²) in [6, 6.07) is 0. The van der Waals surface area contributed by atoms with Crippen molar-refractivity contribution in [2.75, 3.05) is 0 Å². The SMILES string of the molecule is C[C@@H]1C[C@H](C)C[C@H](OP(O)O)C1. The Kier molecular flexibility index (Phi) is 3.91. The molecule has 1 rings (SSSR count). The van der Waals surface area contributed by atoms with E-state index in [9.17, 15) is 0 Å². The molecule has 3 atom stereocenters. The molecular formula is C8H17O3P. The minimum atomic E-state index is -2.16. The zero-order valence-corrected chi connectivity index (χ0v) is 8.50. The fourth-order valence-electron chi connectivity index (χ4n) is 2.09. The maximum atomic E-state index is 8.68. The Hall–Kier alpha value is 0.310. The second kappa shape index (κ2) is 4.52. The highest BCUT2D eigenvalue weighted by Gasteiger charge is 2.26. The molecule has 72 valence electrons. The standard InChI is InChI=1S/C8H17O3P/c1-6-3-7(2)5-8(4-6)11-12(9)10/h6-10H,3-5H2,1-2H3/t6-,7+,8-. The van der Waals surface area contributed by atoms with Crippen LogP contribution in [-0.2, 0) is 4.52 Å². The third kappa shape index (κ3) is 3.36. The Labute approximate surface area is 74.7 Å². The molecule has 0 heterocycles. The van der Waals surface area contributed by atoms with Gasteiger partial charge >= 0.3 is 8.60 Å². The summed E-state index contributed by atoms with van der Waals surface area (Å²) in [5.74, 6) is 1.29. The minimum absolute atomic E-state index is 0.0601. The van der Waals surface area contributed by atoms with Crippen LogP contribution in [0.4, 0.5) is 0 Å². The maximum Gasteiger partial charge on any atom is 0.327 e. The van der Waals surface area contributed by atoms with Gasteiger partial charge in [-0.2, -0.15) is 0 Å². The topological polar surface area (TPSA) is 49.7 Å². The maximum absolute atomic E-state index is 8.68. The Morgan fingerprint density at radius 1 is 1.08 bits per heavy atom. The Morgan fingerprint density at radius 2 is 1.58 bits per heavy atom. The third-order valence-corrected chi connectivity index (χ3v) is 2.87. The van der Waals surface area contributed by atoms with E-state index in [0.717, 1.165) is 12.8 Å². The lowest BCUT2D eigenvalue weighted by molar-refractivity contribution is 0.0879. The van der Waals surface area contributed by atoms with Crippen molar-refractivity contribution in [2.45, 2.75) is 39.2 Å². The van der Waals surface area contributed by atoms with E-state index in [1.54, 1.807) is 0 Å². The van der Waals surface area contributed by atoms with Gasteiger partial charge in [0.1, 0.15) is 0 Å². The van der Waals surface area contributed by atoms with E-state index in [1.165, 1.54) is 6.42 Å². The lowest BCUT2D eigenvalue weighted by Gasteiger charge is -2.31. The number of hydrogen-bond acceptors (Lipinski definition) is 3. The predicted octanol–water partition coefficient (Wildman–Crippen LogP) is 2.04. The van der Waals surface area contributed by atoms with Crippen molar-refractivity contribution in [1.29, 1.82) is 0 Å². The zero-order valence-electron chi connectivity index (χ0n) is 7.60. The molecule has 0 radical (unpaired) electrons. The van der Waals surface area contributed by atoms with E-state index in [0.29, 0.717) is 11.8 Å². The second-order valence-corrected chi connectivity index (χ2v) is 4.61. The van der Waals surface area contributed by atoms with Crippen LogP contribution in [0.3, 0.4) is 0 Å². The van der Waals surface area contributed by atoms with Gasteiger partial charge in [0.05, 0.1) is 6.10 Å². The zero-order chi connectivity index (χ0) is 9.14. The van der Waals surface area contributed by atoms with Crippen molar-refractivity contribution < 1.29 is 14.3 Å². The molecule has 0 aromatic rings. The molecule has 12 heavy (non-hydrogen) atoms. The second-order valence-electron chi connectivity index (χ2n) is 3.90. The van der Waals surface area contributed by atoms with Gasteiger partial charge in [0, 0.05) is 0 Å². The van der Waals surface area contributed by atoms with Crippen molar-refractivity contribution in [2.24, 2.45) is 11.8 Å². The van der Waals surface area contributed by atoms with Gasteiger partial charge in [-0.1, -0.05) is 13.8 Å². The highest BCUT2D eigenvalue weighted by Crippen LogP contribution is 2.37. The van der Waals surface area contributed by atoms with E-state index >= 15 is 0 Å². The summed E-state index contributed by atoms with van der Waals surface area (Å²) >= 11 is 0. The van der Waals surface area contributed by atoms with E-state index in [2.05, 4.69) is 13.8 Å². The third-order valence-electron chi connectivity index (χ3n) is 2.38. The Morgan fingerprint density at radius 3 is 2.00 bits per heavy atom. The van der Waals surface area contributed by atoms with Crippen LogP contribution in [0.25, 0.3) is 0 Å². The van der Waals surface area contributed by atoms with Gasteiger partial charge in [0.15, 0.2) is 0 Å². The fraction of sp³-hybridized carbons (Fsp3) is 1.00. The van der Waals surface area contributed by atoms with Crippen LogP contribution in [0.5, 0.6) is 0 Å². The van der Waals surface area contributed by atoms with Gasteiger partial charge in [-0.05, 0) is 31.1 Å². The van der Waals surface area contributed by atoms with Crippen molar-refractivity contribution >= 4 is 8.60 Å². The molecule has 0 spiro atoms. The van der Waals surface area contributed by atoms with Gasteiger partial charge in [-0.25, -0.2) is 0 Å².